The lowest BCUT2D eigenvalue weighted by Crippen LogP contribution is -2.21. The minimum Gasteiger partial charge on any atom is -0.494 e. The fourth-order valence-electron chi connectivity index (χ4n) is 3.71. The molecule has 36 heavy (non-hydrogen) atoms. The van der Waals surface area contributed by atoms with E-state index in [0.29, 0.717) is 42.3 Å². The molecule has 3 rings (SSSR count). The van der Waals surface area contributed by atoms with Crippen LogP contribution in [0.3, 0.4) is 0 Å². The normalized spacial score (nSPS) is 11.4. The van der Waals surface area contributed by atoms with Crippen LogP contribution >= 0.6 is 0 Å². The highest BCUT2D eigenvalue weighted by Crippen LogP contribution is 2.28. The summed E-state index contributed by atoms with van der Waals surface area (Å²) in [6.45, 7) is 2.59. The van der Waals surface area contributed by atoms with Crippen molar-refractivity contribution in [2.75, 3.05) is 17.2 Å². The maximum absolute atomic E-state index is 12.5. The van der Waals surface area contributed by atoms with Crippen molar-refractivity contribution < 1.29 is 24.2 Å². The van der Waals surface area contributed by atoms with Gasteiger partial charge in [0.2, 0.25) is 11.8 Å². The van der Waals surface area contributed by atoms with Gasteiger partial charge in [0.25, 0.3) is 0 Å². The molecule has 0 saturated heterocycles. The van der Waals surface area contributed by atoms with Crippen molar-refractivity contribution in [2.24, 2.45) is 11.5 Å². The molecular weight excluding hydrogens is 460 g/mol. The molecule has 1 unspecified atom stereocenters. The van der Waals surface area contributed by atoms with Crippen LogP contribution in [0.5, 0.6) is 5.75 Å². The number of carbonyl (C=O) groups excluding carboxylic acids is 2. The quantitative estimate of drug-likeness (QED) is 0.260. The standard InChI is InChI=1S/C27H30N4O5/c1-2-36-23-15-19(25(27(34)35)31-22-8-4-6-20(14-22)26(29)33)10-9-18(23)11-12-24(32)30-21-7-3-5-17(13-21)16-28/h3-10,13-15,25,31H,2,11-12,16,28H2,1H3,(H2,29,33)(H,30,32)(H,34,35). The molecule has 0 spiro atoms. The van der Waals surface area contributed by atoms with Gasteiger partial charge in [-0.05, 0) is 66.4 Å². The zero-order valence-corrected chi connectivity index (χ0v) is 20.0. The fraction of sp³-hybridized carbons (Fsp3) is 0.222. The van der Waals surface area contributed by atoms with Gasteiger partial charge >= 0.3 is 5.97 Å². The summed E-state index contributed by atoms with van der Waals surface area (Å²) in [6.07, 6.45) is 0.622. The molecule has 3 aromatic carbocycles. The number of primary amides is 1. The molecule has 0 aromatic heterocycles. The van der Waals surface area contributed by atoms with Gasteiger partial charge in [0.05, 0.1) is 6.61 Å². The number of amides is 2. The number of nitrogens with one attached hydrogen (secondary N) is 2. The summed E-state index contributed by atoms with van der Waals surface area (Å²) < 4.78 is 5.76. The number of ether oxygens (including phenoxy) is 1. The number of anilines is 2. The predicted octanol–water partition coefficient (Wildman–Crippen LogP) is 3.45. The smallest absolute Gasteiger partial charge is 0.330 e. The van der Waals surface area contributed by atoms with E-state index in [4.69, 9.17) is 16.2 Å². The highest BCUT2D eigenvalue weighted by Gasteiger charge is 2.22. The van der Waals surface area contributed by atoms with E-state index in [2.05, 4.69) is 10.6 Å². The van der Waals surface area contributed by atoms with Crippen molar-refractivity contribution in [1.82, 2.24) is 0 Å². The molecule has 2 amide bonds. The molecule has 0 aliphatic rings. The minimum atomic E-state index is -1.10. The average molecular weight is 491 g/mol. The number of carboxylic acid groups (broad SMARTS) is 1. The molecule has 7 N–H and O–H groups in total. The molecule has 188 valence electrons. The number of benzene rings is 3. The number of carboxylic acids is 1. The maximum Gasteiger partial charge on any atom is 0.330 e. The Morgan fingerprint density at radius 3 is 2.44 bits per heavy atom. The molecule has 0 fully saturated rings. The van der Waals surface area contributed by atoms with Crippen LogP contribution in [0.25, 0.3) is 0 Å². The fourth-order valence-corrected chi connectivity index (χ4v) is 3.71. The predicted molar refractivity (Wildman–Crippen MR) is 138 cm³/mol. The lowest BCUT2D eigenvalue weighted by atomic mass is 10.0. The Morgan fingerprint density at radius 1 is 1.00 bits per heavy atom. The number of carbonyl (C=O) groups is 3. The first-order valence-electron chi connectivity index (χ1n) is 11.5. The van der Waals surface area contributed by atoms with Gasteiger partial charge in [-0.1, -0.05) is 30.3 Å². The number of rotatable bonds is 12. The van der Waals surface area contributed by atoms with Crippen LogP contribution in [0.1, 0.15) is 46.4 Å². The van der Waals surface area contributed by atoms with Gasteiger partial charge in [-0.25, -0.2) is 4.79 Å². The SMILES string of the molecule is CCOc1cc(C(Nc2cccc(C(N)=O)c2)C(=O)O)ccc1CCC(=O)Nc1cccc(CN)c1. The Bertz CT molecular complexity index is 1240. The number of nitrogens with two attached hydrogens (primary N) is 2. The van der Waals surface area contributed by atoms with Crippen LogP contribution in [-0.4, -0.2) is 29.5 Å². The zero-order chi connectivity index (χ0) is 26.1. The first kappa shape index (κ1) is 26.2. The third-order valence-corrected chi connectivity index (χ3v) is 5.50. The summed E-state index contributed by atoms with van der Waals surface area (Å²) in [7, 11) is 0. The van der Waals surface area contributed by atoms with E-state index in [1.165, 1.54) is 6.07 Å². The molecule has 0 saturated carbocycles. The van der Waals surface area contributed by atoms with Crippen molar-refractivity contribution in [3.8, 4) is 5.75 Å². The average Bonchev–Trinajstić information content (AvgIpc) is 2.86. The van der Waals surface area contributed by atoms with Crippen molar-refractivity contribution in [1.29, 1.82) is 0 Å². The highest BCUT2D eigenvalue weighted by atomic mass is 16.5. The molecule has 9 nitrogen and oxygen atoms in total. The lowest BCUT2D eigenvalue weighted by Gasteiger charge is -2.19. The maximum atomic E-state index is 12.5. The number of hydrogen-bond donors (Lipinski definition) is 5. The van der Waals surface area contributed by atoms with Gasteiger partial charge in [0.15, 0.2) is 6.04 Å². The molecule has 0 heterocycles. The van der Waals surface area contributed by atoms with E-state index in [-0.39, 0.29) is 17.9 Å². The molecule has 0 aliphatic carbocycles. The van der Waals surface area contributed by atoms with Crippen LogP contribution in [0.4, 0.5) is 11.4 Å². The molecule has 0 radical (unpaired) electrons. The monoisotopic (exact) mass is 490 g/mol. The van der Waals surface area contributed by atoms with E-state index in [9.17, 15) is 19.5 Å². The van der Waals surface area contributed by atoms with Gasteiger partial charge in [-0.3, -0.25) is 9.59 Å². The van der Waals surface area contributed by atoms with Gasteiger partial charge < -0.3 is 31.9 Å². The second kappa shape index (κ2) is 12.4. The van der Waals surface area contributed by atoms with Gasteiger partial charge in [-0.2, -0.15) is 0 Å². The summed E-state index contributed by atoms with van der Waals surface area (Å²) in [5.74, 6) is -1.36. The number of aliphatic carboxylic acids is 1. The Morgan fingerprint density at radius 2 is 1.75 bits per heavy atom. The number of hydrogen-bond acceptors (Lipinski definition) is 6. The van der Waals surface area contributed by atoms with E-state index >= 15 is 0 Å². The van der Waals surface area contributed by atoms with Crippen LogP contribution in [-0.2, 0) is 22.6 Å². The molecule has 1 atom stereocenters. The topological polar surface area (TPSA) is 157 Å². The van der Waals surface area contributed by atoms with Crippen LogP contribution in [0, 0.1) is 0 Å². The first-order valence-corrected chi connectivity index (χ1v) is 11.5. The van der Waals surface area contributed by atoms with Crippen molar-refractivity contribution in [3.05, 3.63) is 89.0 Å². The van der Waals surface area contributed by atoms with Crippen molar-refractivity contribution in [3.63, 3.8) is 0 Å². The molecule has 3 aromatic rings. The number of aryl methyl sites for hydroxylation is 1. The molecule has 0 aliphatic heterocycles. The lowest BCUT2D eigenvalue weighted by molar-refractivity contribution is -0.138. The van der Waals surface area contributed by atoms with Gasteiger partial charge in [0.1, 0.15) is 5.75 Å². The van der Waals surface area contributed by atoms with E-state index < -0.39 is 17.9 Å². The highest BCUT2D eigenvalue weighted by molar-refractivity contribution is 5.94. The Hall–Kier alpha value is -4.37. The third kappa shape index (κ3) is 7.07. The van der Waals surface area contributed by atoms with Crippen molar-refractivity contribution in [2.45, 2.75) is 32.4 Å². The van der Waals surface area contributed by atoms with E-state index in [0.717, 1.165) is 11.1 Å². The minimum absolute atomic E-state index is 0.157. The molecule has 9 heteroatoms. The van der Waals surface area contributed by atoms with E-state index in [1.54, 1.807) is 42.5 Å². The summed E-state index contributed by atoms with van der Waals surface area (Å²) in [4.78, 5) is 36.0. The van der Waals surface area contributed by atoms with Crippen molar-refractivity contribution >= 4 is 29.2 Å². The van der Waals surface area contributed by atoms with Crippen LogP contribution < -0.4 is 26.8 Å². The summed E-state index contributed by atoms with van der Waals surface area (Å²) in [6, 6.07) is 17.7. The Balaban J connectivity index is 1.75. The molecule has 0 bridgehead atoms. The van der Waals surface area contributed by atoms with E-state index in [1.807, 2.05) is 25.1 Å². The Kier molecular flexibility index (Phi) is 9.01. The van der Waals surface area contributed by atoms with Gasteiger partial charge in [0, 0.05) is 29.9 Å². The second-order valence-electron chi connectivity index (χ2n) is 8.11. The zero-order valence-electron chi connectivity index (χ0n) is 20.0. The summed E-state index contributed by atoms with van der Waals surface area (Å²) in [5.41, 5.74) is 14.5. The Labute approximate surface area is 209 Å². The van der Waals surface area contributed by atoms with Crippen LogP contribution in [0.15, 0.2) is 66.7 Å². The third-order valence-electron chi connectivity index (χ3n) is 5.50. The molecular formula is C27H30N4O5. The summed E-state index contributed by atoms with van der Waals surface area (Å²) in [5, 5.41) is 15.7. The second-order valence-corrected chi connectivity index (χ2v) is 8.11. The first-order chi connectivity index (χ1) is 17.3. The van der Waals surface area contributed by atoms with Gasteiger partial charge in [-0.15, -0.1) is 0 Å². The van der Waals surface area contributed by atoms with Crippen LogP contribution in [0.2, 0.25) is 0 Å². The largest absolute Gasteiger partial charge is 0.494 e. The summed E-state index contributed by atoms with van der Waals surface area (Å²) >= 11 is 0.